The van der Waals surface area contributed by atoms with Crippen molar-refractivity contribution in [3.63, 3.8) is 0 Å². The lowest BCUT2D eigenvalue weighted by Crippen LogP contribution is -2.24. The molecular weight excluding hydrogens is 260 g/mol. The fraction of sp³-hybridized carbons (Fsp3) is 0.235. The fourth-order valence-corrected chi connectivity index (χ4v) is 3.19. The predicted octanol–water partition coefficient (Wildman–Crippen LogP) is 3.19. The Morgan fingerprint density at radius 1 is 1.19 bits per heavy atom. The largest absolute Gasteiger partial charge is 0.399 e. The molecule has 4 nitrogen and oxygen atoms in total. The Hall–Kier alpha value is -2.49. The maximum Gasteiger partial charge on any atom is 0.0999 e. The van der Waals surface area contributed by atoms with Gasteiger partial charge in [0.2, 0.25) is 0 Å². The Morgan fingerprint density at radius 2 is 2.10 bits per heavy atom. The Balaban J connectivity index is 1.85. The molecule has 0 fully saturated rings. The summed E-state index contributed by atoms with van der Waals surface area (Å²) in [5.41, 5.74) is 12.5. The molecule has 1 aliphatic rings. The summed E-state index contributed by atoms with van der Waals surface area (Å²) in [4.78, 5) is 2.33. The molecule has 4 heteroatoms. The summed E-state index contributed by atoms with van der Waals surface area (Å²) in [5.74, 6) is 0. The summed E-state index contributed by atoms with van der Waals surface area (Å²) in [6.45, 7) is 1.14. The zero-order chi connectivity index (χ0) is 14.4. The van der Waals surface area contributed by atoms with E-state index >= 15 is 0 Å². The first-order valence-corrected chi connectivity index (χ1v) is 7.30. The molecule has 0 saturated heterocycles. The van der Waals surface area contributed by atoms with E-state index in [1.807, 2.05) is 18.2 Å². The number of nitrogens with two attached hydrogens (primary N) is 1. The van der Waals surface area contributed by atoms with Gasteiger partial charge in [0.05, 0.1) is 11.2 Å². The average Bonchev–Trinajstić information content (AvgIpc) is 2.90. The number of hydrogen-bond donors (Lipinski definition) is 2. The van der Waals surface area contributed by atoms with Crippen LogP contribution in [0.5, 0.6) is 0 Å². The lowest BCUT2D eigenvalue weighted by atomic mass is 9.97. The molecule has 0 aliphatic carbocycles. The highest BCUT2D eigenvalue weighted by molar-refractivity contribution is 5.94. The fourth-order valence-electron chi connectivity index (χ4n) is 3.19. The molecule has 1 aliphatic heterocycles. The van der Waals surface area contributed by atoms with Crippen molar-refractivity contribution < 1.29 is 0 Å². The van der Waals surface area contributed by atoms with Crippen LogP contribution in [0.1, 0.15) is 12.0 Å². The van der Waals surface area contributed by atoms with E-state index in [4.69, 9.17) is 5.73 Å². The number of fused-ring (bicyclic) bond motifs is 2. The molecule has 4 rings (SSSR count). The number of aromatic nitrogens is 2. The summed E-state index contributed by atoms with van der Waals surface area (Å²) in [7, 11) is 2.16. The molecule has 0 bridgehead atoms. The van der Waals surface area contributed by atoms with Crippen molar-refractivity contribution in [2.45, 2.75) is 12.8 Å². The van der Waals surface area contributed by atoms with Crippen LogP contribution in [-0.4, -0.2) is 23.8 Å². The molecule has 1 aromatic heterocycles. The van der Waals surface area contributed by atoms with Crippen LogP contribution in [0, 0.1) is 0 Å². The Kier molecular flexibility index (Phi) is 2.64. The van der Waals surface area contributed by atoms with Gasteiger partial charge in [-0.25, -0.2) is 0 Å². The molecule has 0 unspecified atom stereocenters. The van der Waals surface area contributed by atoms with Crippen LogP contribution < -0.4 is 10.6 Å². The van der Waals surface area contributed by atoms with E-state index < -0.39 is 0 Å². The quantitative estimate of drug-likeness (QED) is 0.672. The Labute approximate surface area is 123 Å². The van der Waals surface area contributed by atoms with Gasteiger partial charge in [0.25, 0.3) is 0 Å². The monoisotopic (exact) mass is 278 g/mol. The third-order valence-corrected chi connectivity index (χ3v) is 4.29. The number of rotatable bonds is 1. The second-order valence-corrected chi connectivity index (χ2v) is 5.75. The lowest BCUT2D eigenvalue weighted by Gasteiger charge is -2.27. The van der Waals surface area contributed by atoms with E-state index in [2.05, 4.69) is 40.3 Å². The number of nitrogen functional groups attached to an aromatic ring is 1. The van der Waals surface area contributed by atoms with Gasteiger partial charge in [-0.2, -0.15) is 5.10 Å². The number of nitrogens with one attached hydrogen (secondary N) is 1. The van der Waals surface area contributed by atoms with Gasteiger partial charge in [0.15, 0.2) is 0 Å². The minimum atomic E-state index is 0.754. The Bertz CT molecular complexity index is 819. The van der Waals surface area contributed by atoms with Crippen molar-refractivity contribution in [2.75, 3.05) is 24.2 Å². The maximum atomic E-state index is 5.82. The molecule has 0 saturated carbocycles. The molecule has 0 radical (unpaired) electrons. The molecule has 2 heterocycles. The van der Waals surface area contributed by atoms with Crippen molar-refractivity contribution in [3.05, 3.63) is 42.0 Å². The number of aryl methyl sites for hydroxylation is 1. The van der Waals surface area contributed by atoms with Gasteiger partial charge in [0, 0.05) is 35.9 Å². The number of benzene rings is 2. The van der Waals surface area contributed by atoms with E-state index in [9.17, 15) is 0 Å². The molecule has 2 aromatic carbocycles. The molecule has 0 spiro atoms. The van der Waals surface area contributed by atoms with Crippen molar-refractivity contribution in [1.29, 1.82) is 0 Å². The van der Waals surface area contributed by atoms with Gasteiger partial charge >= 0.3 is 0 Å². The third-order valence-electron chi connectivity index (χ3n) is 4.29. The highest BCUT2D eigenvalue weighted by Gasteiger charge is 2.16. The molecule has 106 valence electrons. The van der Waals surface area contributed by atoms with Crippen molar-refractivity contribution in [3.8, 4) is 11.3 Å². The van der Waals surface area contributed by atoms with Gasteiger partial charge in [0.1, 0.15) is 0 Å². The second-order valence-electron chi connectivity index (χ2n) is 5.75. The van der Waals surface area contributed by atoms with E-state index in [0.717, 1.165) is 35.2 Å². The number of nitrogens with zero attached hydrogens (tertiary/aromatic N) is 2. The molecule has 0 amide bonds. The van der Waals surface area contributed by atoms with Gasteiger partial charge in [-0.1, -0.05) is 6.07 Å². The number of anilines is 2. The first kappa shape index (κ1) is 12.3. The molecule has 3 N–H and O–H groups in total. The standard InChI is InChI=1S/C17H18N4/c1-21-8-2-3-11-9-12(4-7-16(11)21)17-14-6-5-13(18)10-15(14)19-20-17/h4-7,9-10H,2-3,8,18H2,1H3,(H,19,20). The summed E-state index contributed by atoms with van der Waals surface area (Å²) in [6.07, 6.45) is 2.35. The first-order chi connectivity index (χ1) is 10.2. The van der Waals surface area contributed by atoms with Crippen LogP contribution in [0.2, 0.25) is 0 Å². The van der Waals surface area contributed by atoms with E-state index in [1.165, 1.54) is 23.2 Å². The van der Waals surface area contributed by atoms with Crippen LogP contribution in [0.4, 0.5) is 11.4 Å². The molecular formula is C17H18N4. The number of hydrogen-bond acceptors (Lipinski definition) is 3. The molecule has 0 atom stereocenters. The Morgan fingerprint density at radius 3 is 3.00 bits per heavy atom. The smallest absolute Gasteiger partial charge is 0.0999 e. The van der Waals surface area contributed by atoms with Crippen molar-refractivity contribution in [2.24, 2.45) is 0 Å². The molecule has 21 heavy (non-hydrogen) atoms. The van der Waals surface area contributed by atoms with Gasteiger partial charge in [-0.15, -0.1) is 0 Å². The number of aromatic amines is 1. The zero-order valence-corrected chi connectivity index (χ0v) is 12.1. The highest BCUT2D eigenvalue weighted by atomic mass is 15.1. The maximum absolute atomic E-state index is 5.82. The summed E-state index contributed by atoms with van der Waals surface area (Å²) < 4.78 is 0. The second kappa shape index (κ2) is 4.52. The van der Waals surface area contributed by atoms with E-state index in [-0.39, 0.29) is 0 Å². The van der Waals surface area contributed by atoms with Crippen LogP contribution in [-0.2, 0) is 6.42 Å². The van der Waals surface area contributed by atoms with Gasteiger partial charge in [-0.05, 0) is 48.7 Å². The predicted molar refractivity (Wildman–Crippen MR) is 87.5 cm³/mol. The highest BCUT2D eigenvalue weighted by Crippen LogP contribution is 2.33. The van der Waals surface area contributed by atoms with Crippen LogP contribution in [0.25, 0.3) is 22.2 Å². The minimum absolute atomic E-state index is 0.754. The van der Waals surface area contributed by atoms with E-state index in [1.54, 1.807) is 0 Å². The van der Waals surface area contributed by atoms with Crippen LogP contribution >= 0.6 is 0 Å². The summed E-state index contributed by atoms with van der Waals surface area (Å²) in [6, 6.07) is 12.5. The van der Waals surface area contributed by atoms with Gasteiger partial charge in [-0.3, -0.25) is 5.10 Å². The average molecular weight is 278 g/mol. The summed E-state index contributed by atoms with van der Waals surface area (Å²) >= 11 is 0. The third kappa shape index (κ3) is 1.95. The van der Waals surface area contributed by atoms with E-state index in [0.29, 0.717) is 0 Å². The lowest BCUT2D eigenvalue weighted by molar-refractivity contribution is 0.745. The van der Waals surface area contributed by atoms with Crippen molar-refractivity contribution >= 4 is 22.3 Å². The van der Waals surface area contributed by atoms with Crippen LogP contribution in [0.15, 0.2) is 36.4 Å². The SMILES string of the molecule is CN1CCCc2cc(-c3n[nH]c4cc(N)ccc34)ccc21. The first-order valence-electron chi connectivity index (χ1n) is 7.30. The minimum Gasteiger partial charge on any atom is -0.399 e. The van der Waals surface area contributed by atoms with Crippen molar-refractivity contribution in [1.82, 2.24) is 10.2 Å². The van der Waals surface area contributed by atoms with Gasteiger partial charge < -0.3 is 10.6 Å². The zero-order valence-electron chi connectivity index (χ0n) is 12.1. The normalized spacial score (nSPS) is 14.4. The molecule has 3 aromatic rings. The summed E-state index contributed by atoms with van der Waals surface area (Å²) in [5, 5.41) is 8.68. The van der Waals surface area contributed by atoms with Crippen LogP contribution in [0.3, 0.4) is 0 Å². The number of H-pyrrole nitrogens is 1. The topological polar surface area (TPSA) is 57.9 Å².